The molecule has 0 aromatic heterocycles. The van der Waals surface area contributed by atoms with Crippen LogP contribution in [0.5, 0.6) is 0 Å². The summed E-state index contributed by atoms with van der Waals surface area (Å²) in [5.41, 5.74) is 4.33. The molecule has 5 nitrogen and oxygen atoms in total. The smallest absolute Gasteiger partial charge is 0.257 e. The fourth-order valence-corrected chi connectivity index (χ4v) is 1.26. The van der Waals surface area contributed by atoms with Gasteiger partial charge >= 0.3 is 0 Å². The molecule has 6 heteroatoms. The fraction of sp³-hybridized carbons (Fsp3) is 0.273. The van der Waals surface area contributed by atoms with Crippen LogP contribution in [0.15, 0.2) is 18.2 Å². The number of nitrogens with zero attached hydrogens (tertiary/aromatic N) is 1. The second kappa shape index (κ2) is 5.15. The minimum atomic E-state index is -1.64. The average molecular weight is 254 g/mol. The molecule has 0 bridgehead atoms. The Labute approximate surface area is 104 Å². The van der Waals surface area contributed by atoms with Gasteiger partial charge in [-0.3, -0.25) is 4.79 Å². The molecule has 90 valence electrons. The van der Waals surface area contributed by atoms with E-state index in [-0.39, 0.29) is 11.6 Å². The molecule has 4 N–H and O–H groups in total. The second-order valence-electron chi connectivity index (χ2n) is 3.74. The highest BCUT2D eigenvalue weighted by Gasteiger charge is 2.28. The number of carbonyl (C=O) groups excluding carboxylic acids is 1. The maximum Gasteiger partial charge on any atom is 0.257 e. The normalized spacial score (nSPS) is 13.6. The molecule has 1 aromatic carbocycles. The molecule has 0 saturated carbocycles. The Balaban J connectivity index is 2.88. The summed E-state index contributed by atoms with van der Waals surface area (Å²) >= 11 is 5.80. The Kier molecular flexibility index (Phi) is 4.07. The maximum absolute atomic E-state index is 11.6. The number of hydrogen-bond acceptors (Lipinski definition) is 4. The lowest BCUT2D eigenvalue weighted by Gasteiger charge is -2.20. The van der Waals surface area contributed by atoms with Gasteiger partial charge in [-0.25, -0.2) is 0 Å². The van der Waals surface area contributed by atoms with Crippen LogP contribution in [-0.2, 0) is 4.79 Å². The van der Waals surface area contributed by atoms with Crippen molar-refractivity contribution < 1.29 is 9.90 Å². The van der Waals surface area contributed by atoms with Crippen molar-refractivity contribution in [3.63, 3.8) is 0 Å². The number of halogens is 1. The highest BCUT2D eigenvalue weighted by atomic mass is 35.5. The largest absolute Gasteiger partial charge is 0.379 e. The van der Waals surface area contributed by atoms with E-state index in [0.717, 1.165) is 0 Å². The molecular formula is C11H12ClN3O2. The van der Waals surface area contributed by atoms with Gasteiger partial charge in [-0.1, -0.05) is 11.6 Å². The zero-order valence-electron chi connectivity index (χ0n) is 9.20. The SMILES string of the molecule is CC(O)(CN)C(=O)Nc1ccc(C#N)c(Cl)c1. The summed E-state index contributed by atoms with van der Waals surface area (Å²) in [5, 5.41) is 21.0. The molecule has 1 rings (SSSR count). The number of rotatable bonds is 3. The Hall–Kier alpha value is -1.61. The molecule has 0 aliphatic carbocycles. The summed E-state index contributed by atoms with van der Waals surface area (Å²) in [6, 6.07) is 6.34. The summed E-state index contributed by atoms with van der Waals surface area (Å²) in [6.45, 7) is 1.12. The first-order valence-corrected chi connectivity index (χ1v) is 5.22. The lowest BCUT2D eigenvalue weighted by Crippen LogP contribution is -2.46. The number of hydrogen-bond donors (Lipinski definition) is 3. The van der Waals surface area contributed by atoms with E-state index < -0.39 is 11.5 Å². The predicted octanol–water partition coefficient (Wildman–Crippen LogP) is 0.860. The molecule has 1 amide bonds. The van der Waals surface area contributed by atoms with Gasteiger partial charge in [-0.15, -0.1) is 0 Å². The van der Waals surface area contributed by atoms with Gasteiger partial charge in [0.15, 0.2) is 5.60 Å². The van der Waals surface area contributed by atoms with Gasteiger partial charge in [0.05, 0.1) is 10.6 Å². The average Bonchev–Trinajstić information content (AvgIpc) is 2.29. The van der Waals surface area contributed by atoms with Crippen molar-refractivity contribution in [1.29, 1.82) is 5.26 Å². The minimum absolute atomic E-state index is 0.192. The number of nitriles is 1. The van der Waals surface area contributed by atoms with Gasteiger partial charge in [0.1, 0.15) is 6.07 Å². The summed E-state index contributed by atoms with van der Waals surface area (Å²) in [5.74, 6) is -0.624. The molecule has 0 saturated heterocycles. The molecule has 0 aliphatic heterocycles. The van der Waals surface area contributed by atoms with Crippen molar-refractivity contribution in [2.24, 2.45) is 5.73 Å². The van der Waals surface area contributed by atoms with E-state index in [1.807, 2.05) is 6.07 Å². The third kappa shape index (κ3) is 3.17. The van der Waals surface area contributed by atoms with E-state index >= 15 is 0 Å². The lowest BCUT2D eigenvalue weighted by molar-refractivity contribution is -0.131. The monoisotopic (exact) mass is 253 g/mol. The van der Waals surface area contributed by atoms with Crippen molar-refractivity contribution >= 4 is 23.2 Å². The molecule has 1 unspecified atom stereocenters. The molecule has 0 aliphatic rings. The molecular weight excluding hydrogens is 242 g/mol. The van der Waals surface area contributed by atoms with E-state index in [4.69, 9.17) is 22.6 Å². The van der Waals surface area contributed by atoms with Crippen molar-refractivity contribution in [1.82, 2.24) is 0 Å². The first-order valence-electron chi connectivity index (χ1n) is 4.84. The van der Waals surface area contributed by atoms with Gasteiger partial charge in [0.2, 0.25) is 0 Å². The summed E-state index contributed by atoms with van der Waals surface area (Å²) in [7, 11) is 0. The van der Waals surface area contributed by atoms with E-state index in [0.29, 0.717) is 11.3 Å². The summed E-state index contributed by atoms with van der Waals surface area (Å²) in [4.78, 5) is 11.6. The molecule has 0 radical (unpaired) electrons. The van der Waals surface area contributed by atoms with Crippen LogP contribution in [0.1, 0.15) is 12.5 Å². The molecule has 1 atom stereocenters. The van der Waals surface area contributed by atoms with Crippen LogP contribution in [0, 0.1) is 11.3 Å². The number of nitrogens with one attached hydrogen (secondary N) is 1. The van der Waals surface area contributed by atoms with Crippen LogP contribution >= 0.6 is 11.6 Å². The Morgan fingerprint density at radius 2 is 2.35 bits per heavy atom. The highest BCUT2D eigenvalue weighted by molar-refractivity contribution is 6.32. The number of benzene rings is 1. The Bertz CT molecular complexity index is 480. The standard InChI is InChI=1S/C11H12ClN3O2/c1-11(17,6-14)10(16)15-8-3-2-7(5-13)9(12)4-8/h2-4,17H,6,14H2,1H3,(H,15,16). The van der Waals surface area contributed by atoms with Gasteiger partial charge in [-0.05, 0) is 25.1 Å². The Morgan fingerprint density at radius 3 is 2.82 bits per heavy atom. The third-order valence-electron chi connectivity index (χ3n) is 2.23. The van der Waals surface area contributed by atoms with E-state index in [1.54, 1.807) is 0 Å². The van der Waals surface area contributed by atoms with Crippen LogP contribution in [0.25, 0.3) is 0 Å². The molecule has 0 fully saturated rings. The van der Waals surface area contributed by atoms with Crippen molar-refractivity contribution in [2.45, 2.75) is 12.5 Å². The van der Waals surface area contributed by atoms with Gasteiger partial charge in [0.25, 0.3) is 5.91 Å². The van der Waals surface area contributed by atoms with Crippen molar-refractivity contribution in [3.05, 3.63) is 28.8 Å². The second-order valence-corrected chi connectivity index (χ2v) is 4.15. The summed E-state index contributed by atoms with van der Waals surface area (Å²) in [6.07, 6.45) is 0. The summed E-state index contributed by atoms with van der Waals surface area (Å²) < 4.78 is 0. The molecule has 0 heterocycles. The van der Waals surface area contributed by atoms with Crippen LogP contribution in [0.3, 0.4) is 0 Å². The minimum Gasteiger partial charge on any atom is -0.379 e. The van der Waals surface area contributed by atoms with Crippen LogP contribution in [0.2, 0.25) is 5.02 Å². The fourth-order valence-electron chi connectivity index (χ4n) is 1.04. The van der Waals surface area contributed by atoms with Crippen LogP contribution in [-0.4, -0.2) is 23.2 Å². The van der Waals surface area contributed by atoms with Crippen molar-refractivity contribution in [3.8, 4) is 6.07 Å². The lowest BCUT2D eigenvalue weighted by atomic mass is 10.1. The van der Waals surface area contributed by atoms with E-state index in [9.17, 15) is 9.90 Å². The molecule has 1 aromatic rings. The van der Waals surface area contributed by atoms with Gasteiger partial charge in [0, 0.05) is 12.2 Å². The zero-order chi connectivity index (χ0) is 13.1. The topological polar surface area (TPSA) is 99.1 Å². The third-order valence-corrected chi connectivity index (χ3v) is 2.55. The Morgan fingerprint density at radius 1 is 1.71 bits per heavy atom. The first kappa shape index (κ1) is 13.5. The zero-order valence-corrected chi connectivity index (χ0v) is 9.95. The predicted molar refractivity (Wildman–Crippen MR) is 64.5 cm³/mol. The van der Waals surface area contributed by atoms with Gasteiger partial charge in [-0.2, -0.15) is 5.26 Å². The van der Waals surface area contributed by atoms with Gasteiger partial charge < -0.3 is 16.2 Å². The number of anilines is 1. The number of aliphatic hydroxyl groups is 1. The molecule has 0 spiro atoms. The van der Waals surface area contributed by atoms with Crippen LogP contribution in [0.4, 0.5) is 5.69 Å². The van der Waals surface area contributed by atoms with Crippen LogP contribution < -0.4 is 11.1 Å². The van der Waals surface area contributed by atoms with E-state index in [2.05, 4.69) is 5.32 Å². The highest BCUT2D eigenvalue weighted by Crippen LogP contribution is 2.20. The van der Waals surface area contributed by atoms with E-state index in [1.165, 1.54) is 25.1 Å². The number of amides is 1. The van der Waals surface area contributed by atoms with Crippen molar-refractivity contribution in [2.75, 3.05) is 11.9 Å². The maximum atomic E-state index is 11.6. The number of nitrogens with two attached hydrogens (primary N) is 1. The molecule has 17 heavy (non-hydrogen) atoms. The quantitative estimate of drug-likeness (QED) is 0.744. The number of carbonyl (C=O) groups is 1. The first-order chi connectivity index (χ1) is 7.90.